The smallest absolute Gasteiger partial charge is 0.142 e. The number of nitrogens with one attached hydrogen (secondary N) is 1. The summed E-state index contributed by atoms with van der Waals surface area (Å²) in [5.41, 5.74) is 1.90. The van der Waals surface area contributed by atoms with E-state index in [0.29, 0.717) is 28.9 Å². The molecule has 0 atom stereocenters. The van der Waals surface area contributed by atoms with Gasteiger partial charge < -0.3 is 14.8 Å². The van der Waals surface area contributed by atoms with Crippen LogP contribution in [0.15, 0.2) is 36.4 Å². The quantitative estimate of drug-likeness (QED) is 0.809. The van der Waals surface area contributed by atoms with E-state index in [-0.39, 0.29) is 0 Å². The summed E-state index contributed by atoms with van der Waals surface area (Å²) in [5.74, 6) is 1.44. The van der Waals surface area contributed by atoms with Crippen LogP contribution in [0.25, 0.3) is 0 Å². The van der Waals surface area contributed by atoms with Gasteiger partial charge in [-0.1, -0.05) is 29.3 Å². The van der Waals surface area contributed by atoms with Crippen molar-refractivity contribution in [1.82, 2.24) is 0 Å². The molecule has 0 spiro atoms. The predicted molar refractivity (Wildman–Crippen MR) is 88.0 cm³/mol. The standard InChI is InChI=1S/C16H17Cl2NO2/c1-3-21-16-7-5-12(17)9-14(16)19-10-11-4-6-15(20-2)13(18)8-11/h4-9,19H,3,10H2,1-2H3. The Morgan fingerprint density at radius 1 is 1.05 bits per heavy atom. The van der Waals surface area contributed by atoms with Gasteiger partial charge in [-0.3, -0.25) is 0 Å². The Balaban J connectivity index is 2.12. The summed E-state index contributed by atoms with van der Waals surface area (Å²) in [7, 11) is 1.60. The van der Waals surface area contributed by atoms with E-state index in [2.05, 4.69) is 5.32 Å². The number of rotatable bonds is 6. The maximum Gasteiger partial charge on any atom is 0.142 e. The fraction of sp³-hybridized carbons (Fsp3) is 0.250. The second-order valence-corrected chi connectivity index (χ2v) is 5.24. The van der Waals surface area contributed by atoms with Crippen LogP contribution in [0.3, 0.4) is 0 Å². The first-order valence-corrected chi connectivity index (χ1v) is 7.38. The molecule has 0 aromatic heterocycles. The van der Waals surface area contributed by atoms with E-state index in [1.165, 1.54) is 0 Å². The summed E-state index contributed by atoms with van der Waals surface area (Å²) in [6.07, 6.45) is 0. The van der Waals surface area contributed by atoms with Gasteiger partial charge in [0.25, 0.3) is 0 Å². The molecule has 0 aliphatic carbocycles. The van der Waals surface area contributed by atoms with Crippen LogP contribution in [-0.4, -0.2) is 13.7 Å². The first-order valence-electron chi connectivity index (χ1n) is 6.62. The Bertz CT molecular complexity index is 617. The summed E-state index contributed by atoms with van der Waals surface area (Å²) in [4.78, 5) is 0. The molecular formula is C16H17Cl2NO2. The summed E-state index contributed by atoms with van der Waals surface area (Å²) >= 11 is 12.1. The van der Waals surface area contributed by atoms with E-state index in [1.54, 1.807) is 7.11 Å². The minimum absolute atomic E-state index is 0.591. The Kier molecular flexibility index (Phi) is 5.59. The van der Waals surface area contributed by atoms with Gasteiger partial charge in [0.2, 0.25) is 0 Å². The molecule has 5 heteroatoms. The molecule has 0 amide bonds. The lowest BCUT2D eigenvalue weighted by Crippen LogP contribution is -2.03. The SMILES string of the molecule is CCOc1ccc(Cl)cc1NCc1ccc(OC)c(Cl)c1. The molecule has 2 rings (SSSR count). The number of hydrogen-bond donors (Lipinski definition) is 1. The second-order valence-electron chi connectivity index (χ2n) is 4.40. The molecule has 0 bridgehead atoms. The molecule has 0 aliphatic rings. The second kappa shape index (κ2) is 7.43. The summed E-state index contributed by atoms with van der Waals surface area (Å²) < 4.78 is 10.7. The number of methoxy groups -OCH3 is 1. The first kappa shape index (κ1) is 15.8. The normalized spacial score (nSPS) is 10.3. The number of anilines is 1. The summed E-state index contributed by atoms with van der Waals surface area (Å²) in [5, 5.41) is 4.56. The highest BCUT2D eigenvalue weighted by Gasteiger charge is 2.06. The minimum Gasteiger partial charge on any atom is -0.495 e. The van der Waals surface area contributed by atoms with E-state index in [9.17, 15) is 0 Å². The number of halogens is 2. The van der Waals surface area contributed by atoms with Gasteiger partial charge in [0.1, 0.15) is 11.5 Å². The minimum atomic E-state index is 0.591. The summed E-state index contributed by atoms with van der Waals surface area (Å²) in [6.45, 7) is 3.16. The predicted octanol–water partition coefficient (Wildman–Crippen LogP) is 5.01. The molecule has 21 heavy (non-hydrogen) atoms. The molecule has 0 fully saturated rings. The highest BCUT2D eigenvalue weighted by atomic mass is 35.5. The molecule has 2 aromatic rings. The lowest BCUT2D eigenvalue weighted by molar-refractivity contribution is 0.341. The van der Waals surface area contributed by atoms with Crippen LogP contribution in [0.2, 0.25) is 10.0 Å². The zero-order chi connectivity index (χ0) is 15.2. The van der Waals surface area contributed by atoms with Crippen LogP contribution in [0, 0.1) is 0 Å². The molecule has 3 nitrogen and oxygen atoms in total. The average molecular weight is 326 g/mol. The monoisotopic (exact) mass is 325 g/mol. The van der Waals surface area contributed by atoms with Crippen LogP contribution in [-0.2, 0) is 6.54 Å². The zero-order valence-electron chi connectivity index (χ0n) is 12.0. The van der Waals surface area contributed by atoms with Crippen molar-refractivity contribution >= 4 is 28.9 Å². The molecule has 0 radical (unpaired) electrons. The molecule has 1 N–H and O–H groups in total. The first-order chi connectivity index (χ1) is 10.1. The van der Waals surface area contributed by atoms with Crippen LogP contribution in [0.5, 0.6) is 11.5 Å². The summed E-state index contributed by atoms with van der Waals surface area (Å²) in [6, 6.07) is 11.2. The molecule has 0 aliphatic heterocycles. The molecule has 2 aromatic carbocycles. The van der Waals surface area contributed by atoms with Crippen molar-refractivity contribution in [2.24, 2.45) is 0 Å². The van der Waals surface area contributed by atoms with Crippen molar-refractivity contribution < 1.29 is 9.47 Å². The Morgan fingerprint density at radius 2 is 1.81 bits per heavy atom. The van der Waals surface area contributed by atoms with Gasteiger partial charge in [-0.2, -0.15) is 0 Å². The van der Waals surface area contributed by atoms with Gasteiger partial charge in [-0.25, -0.2) is 0 Å². The molecule has 112 valence electrons. The van der Waals surface area contributed by atoms with E-state index in [0.717, 1.165) is 17.0 Å². The molecular weight excluding hydrogens is 309 g/mol. The third-order valence-electron chi connectivity index (χ3n) is 2.94. The van der Waals surface area contributed by atoms with Crippen molar-refractivity contribution in [2.75, 3.05) is 19.0 Å². The third-order valence-corrected chi connectivity index (χ3v) is 3.47. The largest absolute Gasteiger partial charge is 0.495 e. The number of ether oxygens (including phenoxy) is 2. The maximum absolute atomic E-state index is 6.12. The van der Waals surface area contributed by atoms with Gasteiger partial charge in [0.05, 0.1) is 24.4 Å². The highest BCUT2D eigenvalue weighted by molar-refractivity contribution is 6.32. The Labute approximate surface area is 134 Å². The Morgan fingerprint density at radius 3 is 2.48 bits per heavy atom. The molecule has 0 unspecified atom stereocenters. The fourth-order valence-electron chi connectivity index (χ4n) is 1.94. The fourth-order valence-corrected chi connectivity index (χ4v) is 2.39. The van der Waals surface area contributed by atoms with E-state index >= 15 is 0 Å². The number of hydrogen-bond acceptors (Lipinski definition) is 3. The van der Waals surface area contributed by atoms with Crippen LogP contribution in [0.4, 0.5) is 5.69 Å². The van der Waals surface area contributed by atoms with Crippen molar-refractivity contribution in [3.8, 4) is 11.5 Å². The lowest BCUT2D eigenvalue weighted by Gasteiger charge is -2.13. The van der Waals surface area contributed by atoms with Crippen molar-refractivity contribution in [3.05, 3.63) is 52.0 Å². The van der Waals surface area contributed by atoms with Gasteiger partial charge in [0.15, 0.2) is 0 Å². The van der Waals surface area contributed by atoms with Crippen LogP contribution in [0.1, 0.15) is 12.5 Å². The van der Waals surface area contributed by atoms with Gasteiger partial charge in [-0.05, 0) is 42.8 Å². The van der Waals surface area contributed by atoms with Crippen molar-refractivity contribution in [2.45, 2.75) is 13.5 Å². The van der Waals surface area contributed by atoms with Gasteiger partial charge in [-0.15, -0.1) is 0 Å². The van der Waals surface area contributed by atoms with Crippen molar-refractivity contribution in [1.29, 1.82) is 0 Å². The maximum atomic E-state index is 6.12. The molecule has 0 saturated heterocycles. The highest BCUT2D eigenvalue weighted by Crippen LogP contribution is 2.29. The lowest BCUT2D eigenvalue weighted by atomic mass is 10.2. The topological polar surface area (TPSA) is 30.5 Å². The third kappa shape index (κ3) is 4.19. The average Bonchev–Trinajstić information content (AvgIpc) is 2.48. The Hall–Kier alpha value is -1.58. The van der Waals surface area contributed by atoms with Crippen LogP contribution >= 0.6 is 23.2 Å². The molecule has 0 saturated carbocycles. The van der Waals surface area contributed by atoms with E-state index in [4.69, 9.17) is 32.7 Å². The van der Waals surface area contributed by atoms with Crippen LogP contribution < -0.4 is 14.8 Å². The number of benzene rings is 2. The molecule has 0 heterocycles. The van der Waals surface area contributed by atoms with Gasteiger partial charge in [0, 0.05) is 11.6 Å². The van der Waals surface area contributed by atoms with E-state index in [1.807, 2.05) is 43.3 Å². The van der Waals surface area contributed by atoms with E-state index < -0.39 is 0 Å². The zero-order valence-corrected chi connectivity index (χ0v) is 13.5. The van der Waals surface area contributed by atoms with Gasteiger partial charge >= 0.3 is 0 Å². The van der Waals surface area contributed by atoms with Crippen molar-refractivity contribution in [3.63, 3.8) is 0 Å².